The Kier molecular flexibility index (Phi) is 3.80. The van der Waals surface area contributed by atoms with E-state index < -0.39 is 5.97 Å². The Balaban J connectivity index is 4.00. The van der Waals surface area contributed by atoms with Crippen LogP contribution >= 0.6 is 11.6 Å². The van der Waals surface area contributed by atoms with Crippen LogP contribution in [-0.2, 0) is 4.79 Å². The summed E-state index contributed by atoms with van der Waals surface area (Å²) in [6, 6.07) is 0. The first-order valence-electron chi connectivity index (χ1n) is 2.40. The lowest BCUT2D eigenvalue weighted by Gasteiger charge is -1.82. The van der Waals surface area contributed by atoms with E-state index in [1.807, 2.05) is 0 Å². The molecule has 0 amide bonds. The highest BCUT2D eigenvalue weighted by atomic mass is 35.5. The minimum Gasteiger partial charge on any atom is -0.477 e. The van der Waals surface area contributed by atoms with Crippen molar-refractivity contribution < 1.29 is 9.90 Å². The molecule has 1 N–H and O–H groups in total. The monoisotopic (exact) mass is 146 g/mol. The molecule has 0 unspecified atom stereocenters. The number of allylic oxidation sites excluding steroid dienone is 3. The molecular weight excluding hydrogens is 140 g/mol. The molecule has 0 bridgehead atoms. The van der Waals surface area contributed by atoms with Crippen LogP contribution in [0.3, 0.4) is 0 Å². The maximum atomic E-state index is 9.97. The highest BCUT2D eigenvalue weighted by Gasteiger charge is 1.98. The maximum Gasteiger partial charge on any atom is 0.347 e. The smallest absolute Gasteiger partial charge is 0.347 e. The predicted octanol–water partition coefficient (Wildman–Crippen LogP) is 1.77. The van der Waals surface area contributed by atoms with Crippen molar-refractivity contribution in [1.82, 2.24) is 0 Å². The minimum atomic E-state index is -1.10. The van der Waals surface area contributed by atoms with Gasteiger partial charge in [0.2, 0.25) is 0 Å². The fourth-order valence-corrected chi connectivity index (χ4v) is 0.325. The van der Waals surface area contributed by atoms with Crippen LogP contribution in [0.2, 0.25) is 0 Å². The second-order valence-corrected chi connectivity index (χ2v) is 1.75. The summed E-state index contributed by atoms with van der Waals surface area (Å²) < 4.78 is 0. The third kappa shape index (κ3) is 3.79. The van der Waals surface area contributed by atoms with Gasteiger partial charge in [0.15, 0.2) is 0 Å². The van der Waals surface area contributed by atoms with Crippen LogP contribution in [0.1, 0.15) is 6.92 Å². The Morgan fingerprint density at radius 1 is 1.67 bits per heavy atom. The van der Waals surface area contributed by atoms with Gasteiger partial charge in [-0.25, -0.2) is 4.79 Å². The molecule has 0 aromatic rings. The number of aliphatic carboxylic acids is 1. The minimum absolute atomic E-state index is 0.173. The predicted molar refractivity (Wildman–Crippen MR) is 36.4 cm³/mol. The van der Waals surface area contributed by atoms with Crippen LogP contribution < -0.4 is 0 Å². The van der Waals surface area contributed by atoms with Crippen molar-refractivity contribution in [3.8, 4) is 0 Å². The zero-order chi connectivity index (χ0) is 7.28. The Bertz CT molecular complexity index is 158. The molecule has 0 aromatic heterocycles. The number of halogens is 1. The number of carboxylic acid groups (broad SMARTS) is 1. The molecule has 0 radical (unpaired) electrons. The molecule has 9 heavy (non-hydrogen) atoms. The lowest BCUT2D eigenvalue weighted by Crippen LogP contribution is -1.91. The third-order valence-corrected chi connectivity index (χ3v) is 0.927. The van der Waals surface area contributed by atoms with Gasteiger partial charge in [-0.15, -0.1) is 0 Å². The van der Waals surface area contributed by atoms with Gasteiger partial charge in [0.25, 0.3) is 0 Å². The molecule has 0 fully saturated rings. The summed E-state index contributed by atoms with van der Waals surface area (Å²) in [5, 5.41) is 8.00. The molecule has 3 heteroatoms. The summed E-state index contributed by atoms with van der Waals surface area (Å²) in [7, 11) is 0. The van der Waals surface area contributed by atoms with Crippen molar-refractivity contribution in [1.29, 1.82) is 0 Å². The van der Waals surface area contributed by atoms with Gasteiger partial charge in [0, 0.05) is 0 Å². The second-order valence-electron chi connectivity index (χ2n) is 1.35. The van der Waals surface area contributed by atoms with Crippen LogP contribution in [0.4, 0.5) is 0 Å². The zero-order valence-electron chi connectivity index (χ0n) is 4.97. The Hall–Kier alpha value is -0.760. The van der Waals surface area contributed by atoms with E-state index in [1.165, 1.54) is 6.08 Å². The molecule has 0 aliphatic heterocycles. The zero-order valence-corrected chi connectivity index (χ0v) is 5.72. The van der Waals surface area contributed by atoms with E-state index in [4.69, 9.17) is 16.7 Å². The number of rotatable bonds is 2. The van der Waals surface area contributed by atoms with Gasteiger partial charge in [0.05, 0.1) is 0 Å². The van der Waals surface area contributed by atoms with Crippen LogP contribution in [0.15, 0.2) is 23.3 Å². The molecule has 0 aliphatic carbocycles. The van der Waals surface area contributed by atoms with Gasteiger partial charge in [-0.1, -0.05) is 23.8 Å². The van der Waals surface area contributed by atoms with E-state index in [0.717, 1.165) is 0 Å². The molecule has 2 nitrogen and oxygen atoms in total. The van der Waals surface area contributed by atoms with E-state index >= 15 is 0 Å². The van der Waals surface area contributed by atoms with E-state index in [1.54, 1.807) is 19.1 Å². The van der Waals surface area contributed by atoms with Gasteiger partial charge < -0.3 is 5.11 Å². The highest BCUT2D eigenvalue weighted by molar-refractivity contribution is 6.41. The van der Waals surface area contributed by atoms with E-state index in [0.29, 0.717) is 0 Å². The normalized spacial score (nSPS) is 12.4. The van der Waals surface area contributed by atoms with Crippen molar-refractivity contribution in [2.75, 3.05) is 0 Å². The lowest BCUT2D eigenvalue weighted by molar-refractivity contribution is -0.131. The first kappa shape index (κ1) is 8.24. The molecule has 0 rings (SSSR count). The van der Waals surface area contributed by atoms with Gasteiger partial charge in [0.1, 0.15) is 5.03 Å². The third-order valence-electron chi connectivity index (χ3n) is 0.639. The molecule has 0 saturated carbocycles. The lowest BCUT2D eigenvalue weighted by atomic mass is 10.4. The SMILES string of the molecule is C/C=C\C=C(/Cl)C(=O)O. The number of carboxylic acids is 1. The van der Waals surface area contributed by atoms with Gasteiger partial charge in [-0.3, -0.25) is 0 Å². The van der Waals surface area contributed by atoms with Crippen LogP contribution in [0, 0.1) is 0 Å². The maximum absolute atomic E-state index is 9.97. The average Bonchev–Trinajstić information content (AvgIpc) is 1.82. The van der Waals surface area contributed by atoms with Crippen molar-refractivity contribution >= 4 is 17.6 Å². The van der Waals surface area contributed by atoms with Gasteiger partial charge in [-0.05, 0) is 13.0 Å². The van der Waals surface area contributed by atoms with Crippen LogP contribution in [-0.4, -0.2) is 11.1 Å². The Morgan fingerprint density at radius 2 is 2.22 bits per heavy atom. The van der Waals surface area contributed by atoms with E-state index in [2.05, 4.69) is 0 Å². The number of hydrogen-bond acceptors (Lipinski definition) is 1. The molecule has 0 spiro atoms. The summed E-state index contributed by atoms with van der Waals surface area (Å²) in [6.07, 6.45) is 4.59. The summed E-state index contributed by atoms with van der Waals surface area (Å²) in [4.78, 5) is 9.97. The largest absolute Gasteiger partial charge is 0.477 e. The molecule has 0 aliphatic rings. The molecule has 50 valence electrons. The fourth-order valence-electron chi connectivity index (χ4n) is 0.252. The molecule has 0 heterocycles. The molecule has 0 aromatic carbocycles. The van der Waals surface area contributed by atoms with Gasteiger partial charge >= 0.3 is 5.97 Å². The fraction of sp³-hybridized carbons (Fsp3) is 0.167. The van der Waals surface area contributed by atoms with E-state index in [-0.39, 0.29) is 5.03 Å². The van der Waals surface area contributed by atoms with Crippen LogP contribution in [0.5, 0.6) is 0 Å². The average molecular weight is 147 g/mol. The summed E-state index contributed by atoms with van der Waals surface area (Å²) in [5.41, 5.74) is 0. The number of hydrogen-bond donors (Lipinski definition) is 1. The molecule has 0 saturated heterocycles. The molecular formula is C6H7ClO2. The van der Waals surface area contributed by atoms with Gasteiger partial charge in [-0.2, -0.15) is 0 Å². The Morgan fingerprint density at radius 3 is 2.56 bits per heavy atom. The second kappa shape index (κ2) is 4.15. The topological polar surface area (TPSA) is 37.3 Å². The molecule has 0 atom stereocenters. The van der Waals surface area contributed by atoms with Crippen molar-refractivity contribution in [3.63, 3.8) is 0 Å². The number of carbonyl (C=O) groups is 1. The first-order chi connectivity index (χ1) is 4.18. The van der Waals surface area contributed by atoms with Crippen molar-refractivity contribution in [2.45, 2.75) is 6.92 Å². The summed E-state index contributed by atoms with van der Waals surface area (Å²) >= 11 is 5.20. The first-order valence-corrected chi connectivity index (χ1v) is 2.78. The quantitative estimate of drug-likeness (QED) is 0.476. The van der Waals surface area contributed by atoms with Crippen molar-refractivity contribution in [3.05, 3.63) is 23.3 Å². The summed E-state index contributed by atoms with van der Waals surface area (Å²) in [5.74, 6) is -1.10. The van der Waals surface area contributed by atoms with Crippen LogP contribution in [0.25, 0.3) is 0 Å². The Labute approximate surface area is 58.4 Å². The summed E-state index contributed by atoms with van der Waals surface area (Å²) in [6.45, 7) is 1.78. The van der Waals surface area contributed by atoms with Crippen molar-refractivity contribution in [2.24, 2.45) is 0 Å². The van der Waals surface area contributed by atoms with E-state index in [9.17, 15) is 4.79 Å². The standard InChI is InChI=1S/C6H7ClO2/c1-2-3-4-5(7)6(8)9/h2-4H,1H3,(H,8,9)/b3-2-,5-4-. The highest BCUT2D eigenvalue weighted by Crippen LogP contribution is 1.99.